The lowest BCUT2D eigenvalue weighted by Crippen LogP contribution is -2.09. The molecule has 6 heteroatoms. The zero-order chi connectivity index (χ0) is 14.9. The molecule has 1 rings (SSSR count). The molecule has 0 atom stereocenters. The predicted octanol–water partition coefficient (Wildman–Crippen LogP) is 3.55. The van der Waals surface area contributed by atoms with Gasteiger partial charge in [-0.25, -0.2) is 0 Å². The summed E-state index contributed by atoms with van der Waals surface area (Å²) in [7, 11) is 0. The third-order valence-electron chi connectivity index (χ3n) is 1.95. The molecule has 0 bridgehead atoms. The molecule has 0 fully saturated rings. The van der Waals surface area contributed by atoms with Crippen LogP contribution in [0.15, 0.2) is 24.3 Å². The zero-order valence-corrected chi connectivity index (χ0v) is 13.6. The molecule has 0 heterocycles. The molecular formula is C14H26ClN3O2. The van der Waals surface area contributed by atoms with Gasteiger partial charge in [0.1, 0.15) is 0 Å². The Morgan fingerprint density at radius 3 is 1.40 bits per heavy atom. The largest absolute Gasteiger partial charge is 0.490 e. The molecule has 0 aliphatic heterocycles. The Morgan fingerprint density at radius 1 is 0.850 bits per heavy atom. The van der Waals surface area contributed by atoms with E-state index in [-0.39, 0.29) is 12.4 Å². The highest BCUT2D eigenvalue weighted by Crippen LogP contribution is 2.25. The Hall–Kier alpha value is -1.51. The van der Waals surface area contributed by atoms with Gasteiger partial charge in [0.25, 0.3) is 0 Å². The highest BCUT2D eigenvalue weighted by atomic mass is 35.5. The maximum Gasteiger partial charge on any atom is 0.161 e. The van der Waals surface area contributed by atoms with Crippen molar-refractivity contribution in [3.63, 3.8) is 0 Å². The lowest BCUT2D eigenvalue weighted by atomic mass is 10.3. The van der Waals surface area contributed by atoms with Gasteiger partial charge in [0.05, 0.1) is 13.2 Å². The van der Waals surface area contributed by atoms with E-state index in [2.05, 4.69) is 19.2 Å². The lowest BCUT2D eigenvalue weighted by Gasteiger charge is -2.09. The van der Waals surface area contributed by atoms with Crippen LogP contribution in [-0.4, -0.2) is 26.3 Å². The first kappa shape index (κ1) is 23.6. The van der Waals surface area contributed by atoms with Gasteiger partial charge in [-0.3, -0.25) is 0 Å². The topological polar surface area (TPSA) is 78.1 Å². The second-order valence-electron chi connectivity index (χ2n) is 3.27. The summed E-state index contributed by atoms with van der Waals surface area (Å²) < 4.78 is 10.7. The van der Waals surface area contributed by atoms with E-state index >= 15 is 0 Å². The lowest BCUT2D eigenvalue weighted by molar-refractivity contribution is 0.288. The number of benzene rings is 1. The minimum Gasteiger partial charge on any atom is -0.490 e. The molecule has 0 saturated carbocycles. The van der Waals surface area contributed by atoms with E-state index in [0.29, 0.717) is 13.2 Å². The van der Waals surface area contributed by atoms with Crippen LogP contribution in [0.25, 0.3) is 0 Å². The number of rotatable bonds is 6. The fourth-order valence-corrected chi connectivity index (χ4v) is 1.25. The summed E-state index contributed by atoms with van der Waals surface area (Å²) in [5, 5.41) is 15.1. The quantitative estimate of drug-likeness (QED) is 0.813. The van der Waals surface area contributed by atoms with Crippen LogP contribution in [0, 0.1) is 10.8 Å². The third-order valence-corrected chi connectivity index (χ3v) is 1.95. The molecule has 1 aromatic carbocycles. The molecule has 20 heavy (non-hydrogen) atoms. The van der Waals surface area contributed by atoms with Crippen molar-refractivity contribution < 1.29 is 9.47 Å². The molecule has 0 unspecified atom stereocenters. The van der Waals surface area contributed by atoms with Crippen LogP contribution < -0.4 is 14.8 Å². The highest BCUT2D eigenvalue weighted by Gasteiger charge is 2.00. The molecule has 0 radical (unpaired) electrons. The molecule has 116 valence electrons. The molecule has 0 spiro atoms. The van der Waals surface area contributed by atoms with Crippen LogP contribution in [0.5, 0.6) is 11.5 Å². The number of hydrogen-bond donors (Lipinski definition) is 1. The molecular weight excluding hydrogens is 278 g/mol. The fourth-order valence-electron chi connectivity index (χ4n) is 1.25. The summed E-state index contributed by atoms with van der Waals surface area (Å²) in [6.45, 7) is 11.7. The Bertz CT molecular complexity index is 295. The Morgan fingerprint density at radius 2 is 1.20 bits per heavy atom. The minimum absolute atomic E-state index is 0. The molecule has 1 N–H and O–H groups in total. The molecule has 0 saturated heterocycles. The summed E-state index contributed by atoms with van der Waals surface area (Å²) in [6, 6.07) is 7.70. The van der Waals surface area contributed by atoms with Crippen molar-refractivity contribution in [2.75, 3.05) is 26.3 Å². The summed E-state index contributed by atoms with van der Waals surface area (Å²) in [6.07, 6.45) is 0. The first-order valence-electron chi connectivity index (χ1n) is 6.55. The predicted molar refractivity (Wildman–Crippen MR) is 83.7 cm³/mol. The van der Waals surface area contributed by atoms with Gasteiger partial charge in [0.15, 0.2) is 11.5 Å². The Balaban J connectivity index is -0.000000310. The molecule has 0 aliphatic rings. The van der Waals surface area contributed by atoms with E-state index in [1.54, 1.807) is 0 Å². The van der Waals surface area contributed by atoms with Gasteiger partial charge in [-0.2, -0.15) is 0 Å². The van der Waals surface area contributed by atoms with Crippen LogP contribution in [-0.2, 0) is 0 Å². The van der Waals surface area contributed by atoms with E-state index in [1.165, 1.54) is 0 Å². The average molecular weight is 304 g/mol. The van der Waals surface area contributed by atoms with Crippen molar-refractivity contribution in [2.45, 2.75) is 27.7 Å². The maximum absolute atomic E-state index is 6.00. The summed E-state index contributed by atoms with van der Waals surface area (Å²) in [4.78, 5) is 0. The van der Waals surface area contributed by atoms with Gasteiger partial charge < -0.3 is 14.8 Å². The van der Waals surface area contributed by atoms with E-state index in [9.17, 15) is 0 Å². The first-order valence-corrected chi connectivity index (χ1v) is 6.55. The number of ether oxygens (including phenoxy) is 2. The number of nitrogens with zero attached hydrogens (tertiary/aromatic N) is 2. The first-order chi connectivity index (χ1) is 9.29. The summed E-state index contributed by atoms with van der Waals surface area (Å²) in [5.41, 5.74) is 0. The van der Waals surface area contributed by atoms with Crippen LogP contribution in [0.3, 0.4) is 0 Å². The zero-order valence-electron chi connectivity index (χ0n) is 12.8. The Labute approximate surface area is 128 Å². The second kappa shape index (κ2) is 19.8. The average Bonchev–Trinajstić information content (AvgIpc) is 2.45. The van der Waals surface area contributed by atoms with Gasteiger partial charge in [-0.1, -0.05) is 26.0 Å². The minimum atomic E-state index is 0. The van der Waals surface area contributed by atoms with Gasteiger partial charge in [-0.05, 0) is 39.1 Å². The van der Waals surface area contributed by atoms with E-state index in [0.717, 1.165) is 24.6 Å². The van der Waals surface area contributed by atoms with Crippen molar-refractivity contribution in [2.24, 2.45) is 0 Å². The van der Waals surface area contributed by atoms with E-state index in [4.69, 9.17) is 20.3 Å². The molecule has 0 amide bonds. The normalized spacial score (nSPS) is 7.90. The molecule has 0 aliphatic carbocycles. The van der Waals surface area contributed by atoms with Gasteiger partial charge in [0, 0.05) is 10.8 Å². The molecule has 1 aromatic rings. The van der Waals surface area contributed by atoms with Crippen molar-refractivity contribution in [1.82, 2.24) is 5.32 Å². The van der Waals surface area contributed by atoms with Crippen LogP contribution >= 0.6 is 12.4 Å². The highest BCUT2D eigenvalue weighted by molar-refractivity contribution is 5.85. The van der Waals surface area contributed by atoms with Gasteiger partial charge in [0.2, 0.25) is 0 Å². The van der Waals surface area contributed by atoms with E-state index < -0.39 is 0 Å². The SMILES string of the molecule is CCNCC.CCOc1ccccc1OCC.Cl.N#N. The number of hydrogen-bond acceptors (Lipinski definition) is 5. The monoisotopic (exact) mass is 303 g/mol. The Kier molecular flexibility index (Phi) is 23.4. The van der Waals surface area contributed by atoms with Crippen LogP contribution in [0.4, 0.5) is 0 Å². The number of para-hydroxylation sites is 2. The standard InChI is InChI=1S/C10H14O2.C4H11N.ClH.N2/c1-3-11-9-7-5-6-8-10(9)12-4-2;1-3-5-4-2;;1-2/h5-8H,3-4H2,1-2H3;5H,3-4H2,1-2H3;1H;. The molecule has 5 nitrogen and oxygen atoms in total. The van der Waals surface area contributed by atoms with Gasteiger partial charge >= 0.3 is 0 Å². The molecule has 0 aromatic heterocycles. The van der Waals surface area contributed by atoms with Crippen molar-refractivity contribution in [1.29, 1.82) is 10.8 Å². The van der Waals surface area contributed by atoms with Crippen LogP contribution in [0.1, 0.15) is 27.7 Å². The maximum atomic E-state index is 6.00. The van der Waals surface area contributed by atoms with E-state index in [1.807, 2.05) is 38.1 Å². The second-order valence-corrected chi connectivity index (χ2v) is 3.27. The van der Waals surface area contributed by atoms with Gasteiger partial charge in [-0.15, -0.1) is 12.4 Å². The fraction of sp³-hybridized carbons (Fsp3) is 0.571. The summed E-state index contributed by atoms with van der Waals surface area (Å²) >= 11 is 0. The summed E-state index contributed by atoms with van der Waals surface area (Å²) in [5.74, 6) is 1.64. The number of nitrogens with one attached hydrogen (secondary N) is 1. The third kappa shape index (κ3) is 12.9. The van der Waals surface area contributed by atoms with Crippen LogP contribution in [0.2, 0.25) is 0 Å². The van der Waals surface area contributed by atoms with Crippen molar-refractivity contribution in [3.05, 3.63) is 24.3 Å². The van der Waals surface area contributed by atoms with Crippen molar-refractivity contribution >= 4 is 12.4 Å². The smallest absolute Gasteiger partial charge is 0.161 e. The van der Waals surface area contributed by atoms with Crippen molar-refractivity contribution in [3.8, 4) is 11.5 Å². The number of halogens is 1.